The van der Waals surface area contributed by atoms with Crippen LogP contribution in [0.4, 0.5) is 4.39 Å². The molecule has 0 aliphatic heterocycles. The molecule has 0 unspecified atom stereocenters. The van der Waals surface area contributed by atoms with Crippen LogP contribution in [0.25, 0.3) is 11.4 Å². The monoisotopic (exact) mass is 258 g/mol. The second-order valence-corrected chi connectivity index (χ2v) is 3.48. The molecule has 0 aliphatic rings. The zero-order valence-electron chi connectivity index (χ0n) is 6.75. The van der Waals surface area contributed by atoms with E-state index >= 15 is 0 Å². The summed E-state index contributed by atoms with van der Waals surface area (Å²) in [6.07, 6.45) is 0. The molecular formula is C8H4BrFN2O2. The quantitative estimate of drug-likeness (QED) is 0.851. The predicted molar refractivity (Wildman–Crippen MR) is 50.2 cm³/mol. The van der Waals surface area contributed by atoms with E-state index in [0.717, 1.165) is 0 Å². The Hall–Kier alpha value is -1.43. The van der Waals surface area contributed by atoms with E-state index in [1.807, 2.05) is 0 Å². The minimum atomic E-state index is -0.709. The van der Waals surface area contributed by atoms with Gasteiger partial charge in [0.1, 0.15) is 5.82 Å². The van der Waals surface area contributed by atoms with Gasteiger partial charge in [-0.15, -0.1) is 0 Å². The van der Waals surface area contributed by atoms with Crippen molar-refractivity contribution in [2.45, 2.75) is 0 Å². The number of halogens is 2. The van der Waals surface area contributed by atoms with E-state index in [9.17, 15) is 9.18 Å². The molecule has 1 N–H and O–H groups in total. The number of hydrogen-bond acceptors (Lipinski definition) is 3. The number of aromatic amines is 1. The number of aromatic nitrogens is 2. The van der Waals surface area contributed by atoms with Crippen molar-refractivity contribution in [3.8, 4) is 11.4 Å². The molecule has 0 saturated carbocycles. The maximum Gasteiger partial charge on any atom is 0.439 e. The van der Waals surface area contributed by atoms with Gasteiger partial charge in [0.2, 0.25) is 0 Å². The van der Waals surface area contributed by atoms with Crippen molar-refractivity contribution in [2.75, 3.05) is 0 Å². The van der Waals surface area contributed by atoms with Crippen molar-refractivity contribution in [2.24, 2.45) is 0 Å². The average molecular weight is 259 g/mol. The Morgan fingerprint density at radius 2 is 2.29 bits per heavy atom. The number of nitrogens with zero attached hydrogens (tertiary/aromatic N) is 1. The smallest absolute Gasteiger partial charge is 0.296 e. The molecule has 1 aromatic carbocycles. The molecule has 0 fully saturated rings. The van der Waals surface area contributed by atoms with Crippen LogP contribution in [0.2, 0.25) is 0 Å². The molecule has 2 rings (SSSR count). The summed E-state index contributed by atoms with van der Waals surface area (Å²) in [5, 5.41) is 3.38. The van der Waals surface area contributed by atoms with Crippen LogP contribution >= 0.6 is 15.9 Å². The predicted octanol–water partition coefficient (Wildman–Crippen LogP) is 1.93. The second-order valence-electron chi connectivity index (χ2n) is 2.57. The van der Waals surface area contributed by atoms with Crippen molar-refractivity contribution >= 4 is 15.9 Å². The van der Waals surface area contributed by atoms with E-state index in [2.05, 4.69) is 30.6 Å². The number of nitrogens with one attached hydrogen (secondary N) is 1. The van der Waals surface area contributed by atoms with Gasteiger partial charge in [-0.25, -0.2) is 9.18 Å². The van der Waals surface area contributed by atoms with Gasteiger partial charge in [-0.05, 0) is 18.2 Å². The molecule has 0 spiro atoms. The Labute approximate surface area is 85.9 Å². The first-order chi connectivity index (χ1) is 6.66. The maximum atomic E-state index is 13.2. The molecule has 72 valence electrons. The summed E-state index contributed by atoms with van der Waals surface area (Å²) in [6, 6.07) is 4.33. The van der Waals surface area contributed by atoms with Crippen LogP contribution in [0.5, 0.6) is 0 Å². The van der Waals surface area contributed by atoms with Gasteiger partial charge in [0, 0.05) is 4.47 Å². The van der Waals surface area contributed by atoms with Crippen molar-refractivity contribution in [1.29, 1.82) is 0 Å². The zero-order chi connectivity index (χ0) is 10.1. The van der Waals surface area contributed by atoms with E-state index < -0.39 is 11.6 Å². The number of benzene rings is 1. The second kappa shape index (κ2) is 3.38. The van der Waals surface area contributed by atoms with Crippen LogP contribution < -0.4 is 5.76 Å². The van der Waals surface area contributed by atoms with Crippen LogP contribution in [0.1, 0.15) is 0 Å². The fourth-order valence-corrected chi connectivity index (χ4v) is 1.39. The van der Waals surface area contributed by atoms with E-state index in [4.69, 9.17) is 0 Å². The first kappa shape index (κ1) is 9.14. The highest BCUT2D eigenvalue weighted by atomic mass is 79.9. The largest absolute Gasteiger partial charge is 0.439 e. The first-order valence-electron chi connectivity index (χ1n) is 3.68. The fraction of sp³-hybridized carbons (Fsp3) is 0. The number of rotatable bonds is 1. The minimum Gasteiger partial charge on any atom is -0.296 e. The summed E-state index contributed by atoms with van der Waals surface area (Å²) < 4.78 is 18.2. The highest BCUT2D eigenvalue weighted by molar-refractivity contribution is 9.10. The van der Waals surface area contributed by atoms with Crippen molar-refractivity contribution in [3.63, 3.8) is 0 Å². The summed E-state index contributed by atoms with van der Waals surface area (Å²) >= 11 is 3.18. The molecule has 0 aliphatic carbocycles. The van der Waals surface area contributed by atoms with Crippen LogP contribution in [0.3, 0.4) is 0 Å². The van der Waals surface area contributed by atoms with Gasteiger partial charge in [0.25, 0.3) is 0 Å². The lowest BCUT2D eigenvalue weighted by molar-refractivity contribution is 0.387. The maximum absolute atomic E-state index is 13.2. The Balaban J connectivity index is 2.61. The van der Waals surface area contributed by atoms with Crippen LogP contribution in [-0.2, 0) is 0 Å². The van der Waals surface area contributed by atoms with Crippen molar-refractivity contribution in [1.82, 2.24) is 10.1 Å². The SMILES string of the molecule is O=c1[nH]c(-c2cc(Br)ccc2F)no1. The van der Waals surface area contributed by atoms with Crippen LogP contribution in [0, 0.1) is 5.82 Å². The topological polar surface area (TPSA) is 58.9 Å². The molecule has 1 heterocycles. The summed E-state index contributed by atoms with van der Waals surface area (Å²) in [5.74, 6) is -1.11. The third kappa shape index (κ3) is 1.60. The lowest BCUT2D eigenvalue weighted by Gasteiger charge is -1.97. The van der Waals surface area contributed by atoms with E-state index in [1.165, 1.54) is 12.1 Å². The standard InChI is InChI=1S/C8H4BrFN2O2/c9-4-1-2-6(10)5(3-4)7-11-8(13)14-12-7/h1-3H,(H,11,12,13). The molecule has 1 aromatic heterocycles. The van der Waals surface area contributed by atoms with Crippen molar-refractivity contribution in [3.05, 3.63) is 39.0 Å². The summed E-state index contributed by atoms with van der Waals surface area (Å²) in [4.78, 5) is 12.9. The van der Waals surface area contributed by atoms with Crippen LogP contribution in [-0.4, -0.2) is 10.1 Å². The Morgan fingerprint density at radius 1 is 1.50 bits per heavy atom. The molecule has 0 radical (unpaired) electrons. The van der Waals surface area contributed by atoms with Gasteiger partial charge in [0.15, 0.2) is 5.82 Å². The molecule has 0 saturated heterocycles. The van der Waals surface area contributed by atoms with Gasteiger partial charge in [-0.2, -0.15) is 0 Å². The normalized spacial score (nSPS) is 10.4. The van der Waals surface area contributed by atoms with Crippen molar-refractivity contribution < 1.29 is 8.91 Å². The minimum absolute atomic E-state index is 0.0776. The molecule has 14 heavy (non-hydrogen) atoms. The Morgan fingerprint density at radius 3 is 2.93 bits per heavy atom. The number of H-pyrrole nitrogens is 1. The highest BCUT2D eigenvalue weighted by Crippen LogP contribution is 2.22. The van der Waals surface area contributed by atoms with Gasteiger partial charge >= 0.3 is 5.76 Å². The molecule has 0 atom stereocenters. The van der Waals surface area contributed by atoms with Gasteiger partial charge in [-0.3, -0.25) is 9.51 Å². The summed E-state index contributed by atoms with van der Waals surface area (Å²) in [5.41, 5.74) is 0.185. The average Bonchev–Trinajstić information content (AvgIpc) is 2.56. The molecule has 4 nitrogen and oxygen atoms in total. The fourth-order valence-electron chi connectivity index (χ4n) is 1.02. The lowest BCUT2D eigenvalue weighted by atomic mass is 10.2. The third-order valence-corrected chi connectivity index (χ3v) is 2.12. The van der Waals surface area contributed by atoms with E-state index in [0.29, 0.717) is 4.47 Å². The highest BCUT2D eigenvalue weighted by Gasteiger charge is 2.09. The molecule has 0 amide bonds. The molecule has 2 aromatic rings. The Kier molecular flexibility index (Phi) is 2.20. The van der Waals surface area contributed by atoms with Gasteiger partial charge in [0.05, 0.1) is 5.56 Å². The molecule has 6 heteroatoms. The molecular weight excluding hydrogens is 255 g/mol. The van der Waals surface area contributed by atoms with E-state index in [-0.39, 0.29) is 11.4 Å². The lowest BCUT2D eigenvalue weighted by Crippen LogP contribution is -1.95. The Bertz CT molecular complexity index is 520. The first-order valence-corrected chi connectivity index (χ1v) is 4.47. The number of hydrogen-bond donors (Lipinski definition) is 1. The zero-order valence-corrected chi connectivity index (χ0v) is 8.34. The molecule has 0 bridgehead atoms. The third-order valence-electron chi connectivity index (χ3n) is 1.62. The summed E-state index contributed by atoms with van der Waals surface area (Å²) in [7, 11) is 0. The van der Waals surface area contributed by atoms with Crippen LogP contribution in [0.15, 0.2) is 32.0 Å². The summed E-state index contributed by atoms with van der Waals surface area (Å²) in [6.45, 7) is 0. The van der Waals surface area contributed by atoms with E-state index in [1.54, 1.807) is 6.07 Å². The van der Waals surface area contributed by atoms with Gasteiger partial charge in [-0.1, -0.05) is 21.1 Å². The van der Waals surface area contributed by atoms with Gasteiger partial charge < -0.3 is 0 Å².